The topological polar surface area (TPSA) is 61.7 Å². The summed E-state index contributed by atoms with van der Waals surface area (Å²) in [6.07, 6.45) is 1.34. The van der Waals surface area contributed by atoms with Crippen LogP contribution in [0, 0.1) is 5.41 Å². The molecule has 0 aliphatic heterocycles. The first-order chi connectivity index (χ1) is 11.6. The average Bonchev–Trinajstić information content (AvgIpc) is 2.52. The number of aliphatic hydroxyl groups is 2. The second-order valence-corrected chi connectivity index (χ2v) is 8.81. The summed E-state index contributed by atoms with van der Waals surface area (Å²) in [6.45, 7) is 14.1. The molecule has 0 saturated carbocycles. The molecule has 0 amide bonds. The van der Waals surface area contributed by atoms with Crippen LogP contribution in [0.4, 0.5) is 0 Å². The molecule has 144 valence electrons. The monoisotopic (exact) mass is 351 g/mol. The highest BCUT2D eigenvalue weighted by Gasteiger charge is 2.27. The SMILES string of the molecule is CCC(CO)NCC(O)COc1ccc(C(C)(C)CC(C)(C)C)cc1. The van der Waals surface area contributed by atoms with E-state index < -0.39 is 6.10 Å². The van der Waals surface area contributed by atoms with E-state index in [9.17, 15) is 5.11 Å². The number of hydrogen-bond donors (Lipinski definition) is 3. The van der Waals surface area contributed by atoms with Crippen molar-refractivity contribution in [1.29, 1.82) is 0 Å². The molecule has 1 aromatic rings. The summed E-state index contributed by atoms with van der Waals surface area (Å²) in [6, 6.07) is 8.21. The number of nitrogens with one attached hydrogen (secondary N) is 1. The van der Waals surface area contributed by atoms with Crippen LogP contribution >= 0.6 is 0 Å². The normalized spacial score (nSPS) is 15.0. The van der Waals surface area contributed by atoms with Gasteiger partial charge in [0.15, 0.2) is 0 Å². The number of rotatable bonds is 10. The lowest BCUT2D eigenvalue weighted by atomic mass is 9.72. The summed E-state index contributed by atoms with van der Waals surface area (Å²) in [5.41, 5.74) is 1.69. The van der Waals surface area contributed by atoms with E-state index in [1.54, 1.807) is 0 Å². The van der Waals surface area contributed by atoms with E-state index in [0.29, 0.717) is 6.54 Å². The molecule has 3 N–H and O–H groups in total. The van der Waals surface area contributed by atoms with Gasteiger partial charge in [-0.3, -0.25) is 0 Å². The lowest BCUT2D eigenvalue weighted by molar-refractivity contribution is 0.0994. The molecule has 2 atom stereocenters. The second kappa shape index (κ2) is 9.56. The number of aliphatic hydroxyl groups excluding tert-OH is 2. The van der Waals surface area contributed by atoms with Gasteiger partial charge in [0.2, 0.25) is 0 Å². The smallest absolute Gasteiger partial charge is 0.119 e. The van der Waals surface area contributed by atoms with Crippen molar-refractivity contribution in [1.82, 2.24) is 5.32 Å². The van der Waals surface area contributed by atoms with Crippen molar-refractivity contribution in [2.45, 2.75) is 71.9 Å². The predicted molar refractivity (Wildman–Crippen MR) is 104 cm³/mol. The Hall–Kier alpha value is -1.10. The Kier molecular flexibility index (Phi) is 8.39. The van der Waals surface area contributed by atoms with E-state index in [0.717, 1.165) is 18.6 Å². The summed E-state index contributed by atoms with van der Waals surface area (Å²) in [5, 5.41) is 22.3. The van der Waals surface area contributed by atoms with Crippen LogP contribution in [0.3, 0.4) is 0 Å². The maximum atomic E-state index is 9.99. The van der Waals surface area contributed by atoms with Gasteiger partial charge in [0.25, 0.3) is 0 Å². The van der Waals surface area contributed by atoms with Crippen molar-refractivity contribution >= 4 is 0 Å². The second-order valence-electron chi connectivity index (χ2n) is 8.81. The molecule has 0 aliphatic rings. The number of hydrogen-bond acceptors (Lipinski definition) is 4. The van der Waals surface area contributed by atoms with Gasteiger partial charge in [-0.2, -0.15) is 0 Å². The number of ether oxygens (including phenoxy) is 1. The summed E-state index contributed by atoms with van der Waals surface area (Å²) in [7, 11) is 0. The standard InChI is InChI=1S/C21H37NO3/c1-7-17(13-23)22-12-18(24)14-25-19-10-8-16(9-11-19)21(5,6)15-20(2,3)4/h8-11,17-18,22-24H,7,12-15H2,1-6H3. The molecule has 4 heteroatoms. The van der Waals surface area contributed by atoms with Crippen molar-refractivity contribution in [3.05, 3.63) is 29.8 Å². The molecule has 25 heavy (non-hydrogen) atoms. The van der Waals surface area contributed by atoms with Gasteiger partial charge in [-0.1, -0.05) is 53.7 Å². The molecule has 0 aliphatic carbocycles. The van der Waals surface area contributed by atoms with Crippen molar-refractivity contribution in [3.63, 3.8) is 0 Å². The van der Waals surface area contributed by atoms with Crippen molar-refractivity contribution in [3.8, 4) is 5.75 Å². The van der Waals surface area contributed by atoms with Crippen LogP contribution in [-0.4, -0.2) is 42.1 Å². The molecule has 2 unspecified atom stereocenters. The van der Waals surface area contributed by atoms with Crippen LogP contribution in [0.15, 0.2) is 24.3 Å². The quantitative estimate of drug-likeness (QED) is 0.604. The summed E-state index contributed by atoms with van der Waals surface area (Å²) >= 11 is 0. The van der Waals surface area contributed by atoms with Gasteiger partial charge in [-0.15, -0.1) is 0 Å². The molecule has 1 rings (SSSR count). The third-order valence-electron chi connectivity index (χ3n) is 4.41. The third-order valence-corrected chi connectivity index (χ3v) is 4.41. The Balaban J connectivity index is 2.51. The van der Waals surface area contributed by atoms with Gasteiger partial charge in [0.05, 0.1) is 6.61 Å². The fourth-order valence-corrected chi connectivity index (χ4v) is 3.32. The van der Waals surface area contributed by atoms with Gasteiger partial charge in [-0.25, -0.2) is 0 Å². The fourth-order valence-electron chi connectivity index (χ4n) is 3.32. The van der Waals surface area contributed by atoms with Crippen molar-refractivity contribution in [2.24, 2.45) is 5.41 Å². The van der Waals surface area contributed by atoms with Crippen LogP contribution in [0.5, 0.6) is 5.75 Å². The first-order valence-corrected chi connectivity index (χ1v) is 9.33. The van der Waals surface area contributed by atoms with Crippen LogP contribution in [0.2, 0.25) is 0 Å². The first-order valence-electron chi connectivity index (χ1n) is 9.33. The largest absolute Gasteiger partial charge is 0.491 e. The highest BCUT2D eigenvalue weighted by atomic mass is 16.5. The lowest BCUT2D eigenvalue weighted by Gasteiger charge is -2.33. The molecule has 0 saturated heterocycles. The average molecular weight is 352 g/mol. The summed E-state index contributed by atoms with van der Waals surface area (Å²) < 4.78 is 5.68. The maximum absolute atomic E-state index is 9.99. The van der Waals surface area contributed by atoms with E-state index in [1.807, 2.05) is 19.1 Å². The van der Waals surface area contributed by atoms with E-state index in [2.05, 4.69) is 52.1 Å². The molecule has 1 aromatic carbocycles. The van der Waals surface area contributed by atoms with Crippen molar-refractivity contribution in [2.75, 3.05) is 19.8 Å². The highest BCUT2D eigenvalue weighted by molar-refractivity contribution is 5.31. The first kappa shape index (κ1) is 21.9. The lowest BCUT2D eigenvalue weighted by Crippen LogP contribution is -2.39. The van der Waals surface area contributed by atoms with Crippen LogP contribution < -0.4 is 10.1 Å². The molecule has 0 aromatic heterocycles. The predicted octanol–water partition coefficient (Wildman–Crippen LogP) is 3.50. The zero-order valence-electron chi connectivity index (χ0n) is 16.8. The van der Waals surface area contributed by atoms with Gasteiger partial charge >= 0.3 is 0 Å². The summed E-state index contributed by atoms with van der Waals surface area (Å²) in [4.78, 5) is 0. The van der Waals surface area contributed by atoms with Crippen LogP contribution in [-0.2, 0) is 5.41 Å². The minimum Gasteiger partial charge on any atom is -0.491 e. The van der Waals surface area contributed by atoms with Gasteiger partial charge in [0, 0.05) is 12.6 Å². The van der Waals surface area contributed by atoms with E-state index >= 15 is 0 Å². The van der Waals surface area contributed by atoms with E-state index in [4.69, 9.17) is 9.84 Å². The maximum Gasteiger partial charge on any atom is 0.119 e. The molecule has 0 fully saturated rings. The molecular weight excluding hydrogens is 314 g/mol. The highest BCUT2D eigenvalue weighted by Crippen LogP contribution is 2.36. The molecule has 4 nitrogen and oxygen atoms in total. The van der Waals surface area contributed by atoms with Crippen molar-refractivity contribution < 1.29 is 14.9 Å². The minimum absolute atomic E-state index is 0.0268. The minimum atomic E-state index is -0.599. The molecule has 0 bridgehead atoms. The molecule has 0 heterocycles. The third kappa shape index (κ3) is 8.21. The Morgan fingerprint density at radius 1 is 1.08 bits per heavy atom. The van der Waals surface area contributed by atoms with Gasteiger partial charge < -0.3 is 20.3 Å². The summed E-state index contributed by atoms with van der Waals surface area (Å²) in [5.74, 6) is 0.767. The Morgan fingerprint density at radius 2 is 1.68 bits per heavy atom. The Morgan fingerprint density at radius 3 is 2.16 bits per heavy atom. The Labute approximate surface area is 153 Å². The van der Waals surface area contributed by atoms with Gasteiger partial charge in [0.1, 0.15) is 18.5 Å². The Bertz CT molecular complexity index is 487. The van der Waals surface area contributed by atoms with E-state index in [-0.39, 0.29) is 30.1 Å². The zero-order valence-corrected chi connectivity index (χ0v) is 16.8. The molecule has 0 radical (unpaired) electrons. The van der Waals surface area contributed by atoms with Gasteiger partial charge in [-0.05, 0) is 41.4 Å². The molecular formula is C21H37NO3. The zero-order chi connectivity index (χ0) is 19.1. The molecule has 0 spiro atoms. The fraction of sp³-hybridized carbons (Fsp3) is 0.714. The van der Waals surface area contributed by atoms with E-state index in [1.165, 1.54) is 5.56 Å². The van der Waals surface area contributed by atoms with Crippen LogP contribution in [0.25, 0.3) is 0 Å². The number of benzene rings is 1. The van der Waals surface area contributed by atoms with Crippen LogP contribution in [0.1, 0.15) is 59.9 Å².